The molecular weight excluding hydrogens is 276 g/mol. The topological polar surface area (TPSA) is 79.2 Å². The molecular formula is C14H18N2O3S. The van der Waals surface area contributed by atoms with Gasteiger partial charge in [-0.25, -0.2) is 13.1 Å². The van der Waals surface area contributed by atoms with Crippen molar-refractivity contribution in [2.24, 2.45) is 0 Å². The van der Waals surface area contributed by atoms with Gasteiger partial charge >= 0.3 is 0 Å². The molecule has 1 aliphatic carbocycles. The number of ether oxygens (including phenoxy) is 1. The molecule has 0 aromatic heterocycles. The van der Waals surface area contributed by atoms with Crippen molar-refractivity contribution in [1.82, 2.24) is 4.72 Å². The zero-order valence-electron chi connectivity index (χ0n) is 11.6. The van der Waals surface area contributed by atoms with Gasteiger partial charge in [-0.05, 0) is 50.5 Å². The lowest BCUT2D eigenvalue weighted by atomic mass is 9.90. The van der Waals surface area contributed by atoms with Crippen LogP contribution in [0.3, 0.4) is 0 Å². The maximum absolute atomic E-state index is 12.3. The highest BCUT2D eigenvalue weighted by molar-refractivity contribution is 7.89. The summed E-state index contributed by atoms with van der Waals surface area (Å²) in [4.78, 5) is 0.233. The highest BCUT2D eigenvalue weighted by Crippen LogP contribution is 2.26. The Bertz CT molecular complexity index is 628. The summed E-state index contributed by atoms with van der Waals surface area (Å²) in [5, 5.41) is 8.80. The molecule has 0 heterocycles. The van der Waals surface area contributed by atoms with E-state index in [9.17, 15) is 8.42 Å². The molecule has 0 unspecified atom stereocenters. The predicted octanol–water partition coefficient (Wildman–Crippen LogP) is 1.71. The van der Waals surface area contributed by atoms with Crippen LogP contribution in [0.15, 0.2) is 23.1 Å². The zero-order chi connectivity index (χ0) is 14.8. The van der Waals surface area contributed by atoms with E-state index in [1.54, 1.807) is 13.0 Å². The van der Waals surface area contributed by atoms with E-state index < -0.39 is 10.0 Å². The van der Waals surface area contributed by atoms with Crippen LogP contribution in [0.4, 0.5) is 0 Å². The number of nitrogens with zero attached hydrogens (tertiary/aromatic N) is 1. The van der Waals surface area contributed by atoms with Gasteiger partial charge in [-0.15, -0.1) is 0 Å². The summed E-state index contributed by atoms with van der Waals surface area (Å²) in [6, 6.07) is 6.52. The van der Waals surface area contributed by atoms with Crippen LogP contribution in [0.2, 0.25) is 0 Å². The van der Waals surface area contributed by atoms with E-state index in [-0.39, 0.29) is 17.0 Å². The normalized spacial score (nSPS) is 22.1. The molecule has 0 aliphatic heterocycles. The molecule has 0 spiro atoms. The first-order valence-electron chi connectivity index (χ1n) is 6.61. The van der Waals surface area contributed by atoms with Crippen molar-refractivity contribution in [2.45, 2.75) is 43.7 Å². The van der Waals surface area contributed by atoms with Gasteiger partial charge in [-0.3, -0.25) is 0 Å². The second-order valence-corrected chi connectivity index (χ2v) is 6.64. The van der Waals surface area contributed by atoms with Gasteiger partial charge < -0.3 is 4.74 Å². The largest absolute Gasteiger partial charge is 0.378 e. The summed E-state index contributed by atoms with van der Waals surface area (Å²) < 4.78 is 32.7. The number of benzene rings is 1. The lowest BCUT2D eigenvalue weighted by molar-refractivity contribution is -0.00475. The first kappa shape index (κ1) is 15.0. The summed E-state index contributed by atoms with van der Waals surface area (Å²) in [6.45, 7) is 4.27. The average molecular weight is 294 g/mol. The minimum atomic E-state index is -3.53. The third kappa shape index (κ3) is 3.18. The fourth-order valence-electron chi connectivity index (χ4n) is 2.34. The van der Waals surface area contributed by atoms with Crippen molar-refractivity contribution < 1.29 is 13.2 Å². The zero-order valence-corrected chi connectivity index (χ0v) is 12.4. The summed E-state index contributed by atoms with van der Waals surface area (Å²) >= 11 is 0. The fourth-order valence-corrected chi connectivity index (χ4v) is 3.83. The van der Waals surface area contributed by atoms with Gasteiger partial charge in [0.25, 0.3) is 0 Å². The molecule has 20 heavy (non-hydrogen) atoms. The van der Waals surface area contributed by atoms with Crippen molar-refractivity contribution in [2.75, 3.05) is 6.61 Å². The van der Waals surface area contributed by atoms with E-state index in [1.165, 1.54) is 12.1 Å². The molecule has 1 fully saturated rings. The molecule has 5 nitrogen and oxygen atoms in total. The second kappa shape index (κ2) is 5.92. The number of hydrogen-bond donors (Lipinski definition) is 1. The Balaban J connectivity index is 2.07. The Morgan fingerprint density at radius 1 is 1.45 bits per heavy atom. The summed E-state index contributed by atoms with van der Waals surface area (Å²) in [5.74, 6) is 0. The third-order valence-electron chi connectivity index (χ3n) is 3.41. The Hall–Kier alpha value is -1.42. The molecule has 0 saturated heterocycles. The van der Waals surface area contributed by atoms with Gasteiger partial charge in [0.2, 0.25) is 10.0 Å². The fraction of sp³-hybridized carbons (Fsp3) is 0.500. The van der Waals surface area contributed by atoms with Crippen molar-refractivity contribution in [3.8, 4) is 6.07 Å². The smallest absolute Gasteiger partial charge is 0.241 e. The lowest BCUT2D eigenvalue weighted by Gasteiger charge is -2.35. The van der Waals surface area contributed by atoms with Gasteiger partial charge in [-0.1, -0.05) is 0 Å². The van der Waals surface area contributed by atoms with Gasteiger partial charge in [0, 0.05) is 12.6 Å². The molecule has 1 N–H and O–H groups in total. The van der Waals surface area contributed by atoms with Crippen LogP contribution in [0.25, 0.3) is 0 Å². The first-order chi connectivity index (χ1) is 9.46. The van der Waals surface area contributed by atoms with Gasteiger partial charge in [-0.2, -0.15) is 5.26 Å². The molecule has 1 saturated carbocycles. The first-order valence-corrected chi connectivity index (χ1v) is 8.09. The van der Waals surface area contributed by atoms with E-state index >= 15 is 0 Å². The van der Waals surface area contributed by atoms with Crippen LogP contribution in [-0.4, -0.2) is 27.2 Å². The van der Waals surface area contributed by atoms with Crippen LogP contribution < -0.4 is 4.72 Å². The predicted molar refractivity (Wildman–Crippen MR) is 74.7 cm³/mol. The van der Waals surface area contributed by atoms with Gasteiger partial charge in [0.05, 0.1) is 22.6 Å². The van der Waals surface area contributed by atoms with Crippen LogP contribution in [0.1, 0.15) is 30.9 Å². The summed E-state index contributed by atoms with van der Waals surface area (Å²) in [7, 11) is -3.53. The Labute approximate surface area is 119 Å². The Morgan fingerprint density at radius 3 is 2.70 bits per heavy atom. The number of nitrogens with one attached hydrogen (secondary N) is 1. The van der Waals surface area contributed by atoms with Gasteiger partial charge in [0.15, 0.2) is 0 Å². The Kier molecular flexibility index (Phi) is 4.43. The van der Waals surface area contributed by atoms with E-state index in [0.29, 0.717) is 30.6 Å². The van der Waals surface area contributed by atoms with Crippen molar-refractivity contribution in [3.05, 3.63) is 29.3 Å². The monoisotopic (exact) mass is 294 g/mol. The van der Waals surface area contributed by atoms with E-state index in [1.807, 2.05) is 13.0 Å². The van der Waals surface area contributed by atoms with Gasteiger partial charge in [0.1, 0.15) is 0 Å². The highest BCUT2D eigenvalue weighted by Gasteiger charge is 2.33. The molecule has 0 amide bonds. The third-order valence-corrected chi connectivity index (χ3v) is 5.09. The Morgan fingerprint density at radius 2 is 2.15 bits per heavy atom. The van der Waals surface area contributed by atoms with Crippen LogP contribution in [0.5, 0.6) is 0 Å². The molecule has 6 heteroatoms. The summed E-state index contributed by atoms with van der Waals surface area (Å²) in [5.41, 5.74) is 1.04. The minimum Gasteiger partial charge on any atom is -0.378 e. The number of nitriles is 1. The minimum absolute atomic E-state index is 0.0633. The summed E-state index contributed by atoms with van der Waals surface area (Å²) in [6.07, 6.45) is 1.58. The molecule has 1 aromatic rings. The molecule has 0 radical (unpaired) electrons. The van der Waals surface area contributed by atoms with E-state index in [4.69, 9.17) is 10.00 Å². The molecule has 2 rings (SSSR count). The second-order valence-electron chi connectivity index (χ2n) is 4.96. The molecule has 1 aliphatic rings. The maximum atomic E-state index is 12.3. The highest BCUT2D eigenvalue weighted by atomic mass is 32.2. The molecule has 108 valence electrons. The maximum Gasteiger partial charge on any atom is 0.241 e. The van der Waals surface area contributed by atoms with Crippen LogP contribution in [-0.2, 0) is 14.8 Å². The number of aryl methyl sites for hydroxylation is 1. The number of rotatable bonds is 5. The van der Waals surface area contributed by atoms with Crippen molar-refractivity contribution in [3.63, 3.8) is 0 Å². The van der Waals surface area contributed by atoms with Crippen molar-refractivity contribution >= 4 is 10.0 Å². The van der Waals surface area contributed by atoms with Crippen LogP contribution in [0, 0.1) is 18.3 Å². The molecule has 0 atom stereocenters. The van der Waals surface area contributed by atoms with Crippen molar-refractivity contribution in [1.29, 1.82) is 5.26 Å². The quantitative estimate of drug-likeness (QED) is 0.896. The number of hydrogen-bond acceptors (Lipinski definition) is 4. The lowest BCUT2D eigenvalue weighted by Crippen LogP contribution is -2.47. The standard InChI is InChI=1S/C14H18N2O3S/c1-3-19-13-7-12(8-13)16-20(17,18)14-5-4-11(9-15)6-10(14)2/h4-6,12-13,16H,3,7-8H2,1-2H3. The van der Waals surface area contributed by atoms with E-state index in [2.05, 4.69) is 4.72 Å². The average Bonchev–Trinajstić information content (AvgIpc) is 2.35. The SMILES string of the molecule is CCOC1CC(NS(=O)(=O)c2ccc(C#N)cc2C)C1. The van der Waals surface area contributed by atoms with Crippen LogP contribution >= 0.6 is 0 Å². The van der Waals surface area contributed by atoms with E-state index in [0.717, 1.165) is 0 Å². The molecule has 1 aromatic carbocycles. The number of sulfonamides is 1. The molecule has 0 bridgehead atoms.